The van der Waals surface area contributed by atoms with Crippen LogP contribution >= 0.6 is 0 Å². The summed E-state index contributed by atoms with van der Waals surface area (Å²) in [5.41, 5.74) is 1.97. The number of hydrogen-bond donors (Lipinski definition) is 1. The Bertz CT molecular complexity index is 477. The molecule has 0 amide bonds. The number of hydrogen-bond acceptors (Lipinski definition) is 3. The average molecular weight is 227 g/mol. The van der Waals surface area contributed by atoms with Crippen molar-refractivity contribution in [2.24, 2.45) is 5.16 Å². The van der Waals surface area contributed by atoms with E-state index in [9.17, 15) is 0 Å². The fourth-order valence-electron chi connectivity index (χ4n) is 1.46. The zero-order valence-corrected chi connectivity index (χ0v) is 9.28. The van der Waals surface area contributed by atoms with Crippen molar-refractivity contribution in [3.05, 3.63) is 65.7 Å². The van der Waals surface area contributed by atoms with Crippen LogP contribution in [0, 0.1) is 0 Å². The van der Waals surface area contributed by atoms with Crippen LogP contribution in [0.15, 0.2) is 59.8 Å². The van der Waals surface area contributed by atoms with Crippen LogP contribution < -0.4 is 4.74 Å². The molecule has 2 aromatic rings. The smallest absolute Gasteiger partial charge is 0.119 e. The first-order chi connectivity index (χ1) is 8.38. The molecule has 86 valence electrons. The van der Waals surface area contributed by atoms with E-state index in [1.807, 2.05) is 54.6 Å². The third kappa shape index (κ3) is 3.34. The van der Waals surface area contributed by atoms with Gasteiger partial charge in [0.15, 0.2) is 0 Å². The molecule has 0 radical (unpaired) electrons. The van der Waals surface area contributed by atoms with Crippen molar-refractivity contribution in [1.29, 1.82) is 0 Å². The lowest BCUT2D eigenvalue weighted by molar-refractivity contribution is 0.306. The Morgan fingerprint density at radius 3 is 2.35 bits per heavy atom. The summed E-state index contributed by atoms with van der Waals surface area (Å²) in [5, 5.41) is 11.3. The Balaban J connectivity index is 1.95. The second kappa shape index (κ2) is 5.70. The lowest BCUT2D eigenvalue weighted by Crippen LogP contribution is -1.94. The van der Waals surface area contributed by atoms with Crippen molar-refractivity contribution in [2.45, 2.75) is 6.61 Å². The van der Waals surface area contributed by atoms with Crippen LogP contribution in [0.3, 0.4) is 0 Å². The highest BCUT2D eigenvalue weighted by Crippen LogP contribution is 2.13. The van der Waals surface area contributed by atoms with Gasteiger partial charge in [0, 0.05) is 0 Å². The van der Waals surface area contributed by atoms with E-state index in [1.54, 1.807) is 0 Å². The van der Waals surface area contributed by atoms with Gasteiger partial charge in [0.05, 0.1) is 6.21 Å². The van der Waals surface area contributed by atoms with Gasteiger partial charge in [-0.2, -0.15) is 0 Å². The number of rotatable bonds is 4. The molecule has 0 bridgehead atoms. The summed E-state index contributed by atoms with van der Waals surface area (Å²) in [6.07, 6.45) is 1.38. The number of ether oxygens (including phenoxy) is 1. The molecule has 0 aliphatic heterocycles. The SMILES string of the molecule is ON=Cc1ccc(OCc2ccccc2)cc1. The first kappa shape index (κ1) is 11.2. The van der Waals surface area contributed by atoms with Crippen LogP contribution in [0.2, 0.25) is 0 Å². The monoisotopic (exact) mass is 227 g/mol. The topological polar surface area (TPSA) is 41.8 Å². The summed E-state index contributed by atoms with van der Waals surface area (Å²) in [6.45, 7) is 0.550. The minimum absolute atomic E-state index is 0.550. The van der Waals surface area contributed by atoms with Gasteiger partial charge in [0.25, 0.3) is 0 Å². The van der Waals surface area contributed by atoms with Gasteiger partial charge in [-0.25, -0.2) is 0 Å². The van der Waals surface area contributed by atoms with Crippen molar-refractivity contribution < 1.29 is 9.94 Å². The molecule has 0 aromatic heterocycles. The molecule has 0 fully saturated rings. The summed E-state index contributed by atoms with van der Waals surface area (Å²) >= 11 is 0. The predicted molar refractivity (Wildman–Crippen MR) is 66.6 cm³/mol. The molecule has 0 saturated heterocycles. The molecular formula is C14H13NO2. The van der Waals surface area contributed by atoms with E-state index in [1.165, 1.54) is 6.21 Å². The minimum Gasteiger partial charge on any atom is -0.489 e. The van der Waals surface area contributed by atoms with Gasteiger partial charge < -0.3 is 9.94 Å². The molecular weight excluding hydrogens is 214 g/mol. The van der Waals surface area contributed by atoms with Gasteiger partial charge >= 0.3 is 0 Å². The zero-order chi connectivity index (χ0) is 11.9. The predicted octanol–water partition coefficient (Wildman–Crippen LogP) is 3.07. The Labute approximate surface area is 100.0 Å². The quantitative estimate of drug-likeness (QED) is 0.495. The molecule has 0 heterocycles. The molecule has 3 nitrogen and oxygen atoms in total. The first-order valence-corrected chi connectivity index (χ1v) is 5.33. The highest BCUT2D eigenvalue weighted by atomic mass is 16.5. The summed E-state index contributed by atoms with van der Waals surface area (Å²) in [4.78, 5) is 0. The molecule has 0 aliphatic rings. The fourth-order valence-corrected chi connectivity index (χ4v) is 1.46. The van der Waals surface area contributed by atoms with E-state index in [0.29, 0.717) is 6.61 Å². The van der Waals surface area contributed by atoms with Gasteiger partial charge in [-0.05, 0) is 35.4 Å². The second-order valence-electron chi connectivity index (χ2n) is 3.59. The van der Waals surface area contributed by atoms with Crippen molar-refractivity contribution in [3.63, 3.8) is 0 Å². The molecule has 0 aliphatic carbocycles. The van der Waals surface area contributed by atoms with Crippen molar-refractivity contribution in [3.8, 4) is 5.75 Å². The number of benzene rings is 2. The molecule has 17 heavy (non-hydrogen) atoms. The maximum Gasteiger partial charge on any atom is 0.119 e. The third-order valence-corrected chi connectivity index (χ3v) is 2.34. The highest BCUT2D eigenvalue weighted by molar-refractivity contribution is 5.79. The van der Waals surface area contributed by atoms with Gasteiger partial charge in [-0.15, -0.1) is 0 Å². The average Bonchev–Trinajstić information content (AvgIpc) is 2.40. The Kier molecular flexibility index (Phi) is 3.76. The summed E-state index contributed by atoms with van der Waals surface area (Å²) in [7, 11) is 0. The Hall–Kier alpha value is -2.29. The summed E-state index contributed by atoms with van der Waals surface area (Å²) in [6, 6.07) is 17.4. The van der Waals surface area contributed by atoms with Crippen LogP contribution in [0.4, 0.5) is 0 Å². The molecule has 1 N–H and O–H groups in total. The van der Waals surface area contributed by atoms with Crippen molar-refractivity contribution >= 4 is 6.21 Å². The van der Waals surface area contributed by atoms with Crippen LogP contribution in [0.25, 0.3) is 0 Å². The van der Waals surface area contributed by atoms with E-state index in [-0.39, 0.29) is 0 Å². The van der Waals surface area contributed by atoms with E-state index in [2.05, 4.69) is 5.16 Å². The third-order valence-electron chi connectivity index (χ3n) is 2.34. The van der Waals surface area contributed by atoms with E-state index < -0.39 is 0 Å². The van der Waals surface area contributed by atoms with Crippen LogP contribution in [-0.2, 0) is 6.61 Å². The van der Waals surface area contributed by atoms with E-state index in [0.717, 1.165) is 16.9 Å². The maximum atomic E-state index is 8.38. The van der Waals surface area contributed by atoms with Gasteiger partial charge in [-0.1, -0.05) is 35.5 Å². The molecule has 2 rings (SSSR count). The van der Waals surface area contributed by atoms with Crippen LogP contribution in [0.1, 0.15) is 11.1 Å². The zero-order valence-electron chi connectivity index (χ0n) is 9.28. The standard InChI is InChI=1S/C14H13NO2/c16-15-10-12-6-8-14(9-7-12)17-11-13-4-2-1-3-5-13/h1-10,16H,11H2. The highest BCUT2D eigenvalue weighted by Gasteiger charge is 1.95. The number of oxime groups is 1. The molecule has 0 spiro atoms. The lowest BCUT2D eigenvalue weighted by atomic mass is 10.2. The number of nitrogens with zero attached hydrogens (tertiary/aromatic N) is 1. The van der Waals surface area contributed by atoms with E-state index in [4.69, 9.17) is 9.94 Å². The Morgan fingerprint density at radius 1 is 1.00 bits per heavy atom. The maximum absolute atomic E-state index is 8.38. The molecule has 3 heteroatoms. The van der Waals surface area contributed by atoms with Gasteiger partial charge in [0.1, 0.15) is 12.4 Å². The van der Waals surface area contributed by atoms with Gasteiger partial charge in [-0.3, -0.25) is 0 Å². The van der Waals surface area contributed by atoms with Crippen molar-refractivity contribution in [1.82, 2.24) is 0 Å². The normalized spacial score (nSPS) is 10.6. The first-order valence-electron chi connectivity index (χ1n) is 5.33. The molecule has 0 saturated carbocycles. The Morgan fingerprint density at radius 2 is 1.71 bits per heavy atom. The van der Waals surface area contributed by atoms with Crippen LogP contribution in [-0.4, -0.2) is 11.4 Å². The largest absolute Gasteiger partial charge is 0.489 e. The second-order valence-corrected chi connectivity index (χ2v) is 3.59. The van der Waals surface area contributed by atoms with Gasteiger partial charge in [0.2, 0.25) is 0 Å². The molecule has 0 atom stereocenters. The minimum atomic E-state index is 0.550. The lowest BCUT2D eigenvalue weighted by Gasteiger charge is -2.06. The van der Waals surface area contributed by atoms with Crippen LogP contribution in [0.5, 0.6) is 5.75 Å². The van der Waals surface area contributed by atoms with Crippen molar-refractivity contribution in [2.75, 3.05) is 0 Å². The van der Waals surface area contributed by atoms with E-state index >= 15 is 0 Å². The summed E-state index contributed by atoms with van der Waals surface area (Å²) in [5.74, 6) is 0.795. The molecule has 0 unspecified atom stereocenters. The summed E-state index contributed by atoms with van der Waals surface area (Å²) < 4.78 is 5.62. The fraction of sp³-hybridized carbons (Fsp3) is 0.0714. The molecule has 2 aromatic carbocycles.